The van der Waals surface area contributed by atoms with E-state index in [9.17, 15) is 4.79 Å². The van der Waals surface area contributed by atoms with Gasteiger partial charge in [-0.05, 0) is 54.5 Å². The summed E-state index contributed by atoms with van der Waals surface area (Å²) in [6.45, 7) is 10.2. The van der Waals surface area contributed by atoms with Crippen molar-refractivity contribution in [2.75, 3.05) is 13.1 Å². The molecule has 4 heteroatoms. The van der Waals surface area contributed by atoms with Crippen LogP contribution in [0.2, 0.25) is 0 Å². The zero-order valence-electron chi connectivity index (χ0n) is 11.6. The monoisotopic (exact) mass is 331 g/mol. The summed E-state index contributed by atoms with van der Waals surface area (Å²) >= 11 is 5.09. The maximum absolute atomic E-state index is 12.6. The van der Waals surface area contributed by atoms with Crippen molar-refractivity contribution in [1.29, 1.82) is 0 Å². The van der Waals surface area contributed by atoms with E-state index < -0.39 is 0 Å². The molecule has 0 amide bonds. The molecular weight excluding hydrogens is 310 g/mol. The second kappa shape index (κ2) is 6.83. The van der Waals surface area contributed by atoms with Gasteiger partial charge in [0.15, 0.2) is 5.78 Å². The Hall–Kier alpha value is -0.190. The molecule has 0 saturated heterocycles. The Balaban J connectivity index is 2.84. The molecule has 1 rings (SSSR count). The zero-order chi connectivity index (χ0) is 13.8. The Bertz CT molecular complexity index is 400. The average Bonchev–Trinajstić information content (AvgIpc) is 2.75. The first-order valence-corrected chi connectivity index (χ1v) is 8.11. The lowest BCUT2D eigenvalue weighted by molar-refractivity contribution is -0.129. The van der Waals surface area contributed by atoms with Crippen LogP contribution in [0, 0.1) is 0 Å². The standard InChI is InChI=1S/C14H22BrNOS/c1-5-14(4,16(6-2)7-3)12(17)10-11-8-9-13(15)18-11/h8-9H,5-7,10H2,1-4H3. The van der Waals surface area contributed by atoms with E-state index in [2.05, 4.69) is 48.5 Å². The van der Waals surface area contributed by atoms with Crippen LogP contribution in [0.5, 0.6) is 0 Å². The summed E-state index contributed by atoms with van der Waals surface area (Å²) in [7, 11) is 0. The molecule has 18 heavy (non-hydrogen) atoms. The van der Waals surface area contributed by atoms with Crippen LogP contribution in [-0.4, -0.2) is 29.3 Å². The highest BCUT2D eigenvalue weighted by atomic mass is 79.9. The number of nitrogens with zero attached hydrogens (tertiary/aromatic N) is 1. The van der Waals surface area contributed by atoms with Gasteiger partial charge >= 0.3 is 0 Å². The van der Waals surface area contributed by atoms with Gasteiger partial charge in [-0.1, -0.05) is 20.8 Å². The molecule has 0 aromatic carbocycles. The Kier molecular flexibility index (Phi) is 6.02. The fraction of sp³-hybridized carbons (Fsp3) is 0.643. The fourth-order valence-electron chi connectivity index (χ4n) is 2.31. The molecular formula is C14H22BrNOS. The Morgan fingerprint density at radius 2 is 1.94 bits per heavy atom. The third-order valence-electron chi connectivity index (χ3n) is 3.71. The van der Waals surface area contributed by atoms with E-state index in [0.29, 0.717) is 12.2 Å². The van der Waals surface area contributed by atoms with Crippen LogP contribution in [0.1, 0.15) is 39.0 Å². The first-order chi connectivity index (χ1) is 8.47. The van der Waals surface area contributed by atoms with E-state index in [4.69, 9.17) is 0 Å². The molecule has 0 radical (unpaired) electrons. The first kappa shape index (κ1) is 15.9. The van der Waals surface area contributed by atoms with Crippen molar-refractivity contribution in [1.82, 2.24) is 4.90 Å². The SMILES string of the molecule is CCN(CC)C(C)(CC)C(=O)Cc1ccc(Br)s1. The molecule has 0 aliphatic heterocycles. The number of carbonyl (C=O) groups excluding carboxylic acids is 1. The van der Waals surface area contributed by atoms with E-state index in [1.807, 2.05) is 12.1 Å². The molecule has 0 spiro atoms. The number of halogens is 1. The minimum Gasteiger partial charge on any atom is -0.297 e. The second-order valence-corrected chi connectivity index (χ2v) is 7.15. The summed E-state index contributed by atoms with van der Waals surface area (Å²) < 4.78 is 1.09. The molecule has 1 aromatic heterocycles. The summed E-state index contributed by atoms with van der Waals surface area (Å²) in [6.07, 6.45) is 1.40. The van der Waals surface area contributed by atoms with E-state index in [-0.39, 0.29) is 5.54 Å². The normalized spacial score (nSPS) is 14.8. The van der Waals surface area contributed by atoms with Crippen molar-refractivity contribution in [3.63, 3.8) is 0 Å². The average molecular weight is 332 g/mol. The highest BCUT2D eigenvalue weighted by Crippen LogP contribution is 2.27. The van der Waals surface area contributed by atoms with Crippen molar-refractivity contribution in [2.24, 2.45) is 0 Å². The molecule has 0 bridgehead atoms. The Morgan fingerprint density at radius 3 is 2.33 bits per heavy atom. The molecule has 1 unspecified atom stereocenters. The highest BCUT2D eigenvalue weighted by molar-refractivity contribution is 9.11. The third-order valence-corrected chi connectivity index (χ3v) is 5.34. The summed E-state index contributed by atoms with van der Waals surface area (Å²) in [5, 5.41) is 0. The van der Waals surface area contributed by atoms with Gasteiger partial charge in [-0.15, -0.1) is 11.3 Å². The largest absolute Gasteiger partial charge is 0.297 e. The minimum absolute atomic E-state index is 0.322. The number of hydrogen-bond acceptors (Lipinski definition) is 3. The van der Waals surface area contributed by atoms with Gasteiger partial charge in [0.1, 0.15) is 0 Å². The third kappa shape index (κ3) is 3.43. The number of hydrogen-bond donors (Lipinski definition) is 0. The van der Waals surface area contributed by atoms with Gasteiger partial charge in [0.2, 0.25) is 0 Å². The number of carbonyl (C=O) groups is 1. The van der Waals surface area contributed by atoms with E-state index >= 15 is 0 Å². The van der Waals surface area contributed by atoms with Gasteiger partial charge in [0.05, 0.1) is 9.33 Å². The summed E-state index contributed by atoms with van der Waals surface area (Å²) in [5.74, 6) is 0.322. The molecule has 102 valence electrons. The molecule has 0 saturated carbocycles. The van der Waals surface area contributed by atoms with E-state index in [1.165, 1.54) is 0 Å². The molecule has 2 nitrogen and oxygen atoms in total. The van der Waals surface area contributed by atoms with Gasteiger partial charge < -0.3 is 0 Å². The van der Waals surface area contributed by atoms with Crippen molar-refractivity contribution in [3.05, 3.63) is 20.8 Å². The zero-order valence-corrected chi connectivity index (χ0v) is 14.0. The lowest BCUT2D eigenvalue weighted by Crippen LogP contribution is -2.52. The van der Waals surface area contributed by atoms with Crippen LogP contribution in [-0.2, 0) is 11.2 Å². The molecule has 1 heterocycles. The van der Waals surface area contributed by atoms with Crippen LogP contribution in [0.4, 0.5) is 0 Å². The molecule has 0 N–H and O–H groups in total. The lowest BCUT2D eigenvalue weighted by atomic mass is 9.88. The maximum Gasteiger partial charge on any atom is 0.157 e. The molecule has 0 aliphatic rings. The van der Waals surface area contributed by atoms with Crippen molar-refractivity contribution >= 4 is 33.0 Å². The van der Waals surface area contributed by atoms with Crippen LogP contribution in [0.15, 0.2) is 15.9 Å². The predicted molar refractivity (Wildman–Crippen MR) is 82.3 cm³/mol. The second-order valence-electron chi connectivity index (χ2n) is 4.61. The first-order valence-electron chi connectivity index (χ1n) is 6.50. The van der Waals surface area contributed by atoms with Gasteiger partial charge in [0.25, 0.3) is 0 Å². The topological polar surface area (TPSA) is 20.3 Å². The van der Waals surface area contributed by atoms with Crippen LogP contribution in [0.3, 0.4) is 0 Å². The van der Waals surface area contributed by atoms with Crippen molar-refractivity contribution < 1.29 is 4.79 Å². The van der Waals surface area contributed by atoms with Crippen molar-refractivity contribution in [3.8, 4) is 0 Å². The lowest BCUT2D eigenvalue weighted by Gasteiger charge is -2.38. The van der Waals surface area contributed by atoms with Gasteiger partial charge in [0, 0.05) is 11.3 Å². The van der Waals surface area contributed by atoms with Crippen molar-refractivity contribution in [2.45, 2.75) is 46.1 Å². The quantitative estimate of drug-likeness (QED) is 0.748. The molecule has 1 aromatic rings. The van der Waals surface area contributed by atoms with Gasteiger partial charge in [-0.25, -0.2) is 0 Å². The summed E-state index contributed by atoms with van der Waals surface area (Å²) in [4.78, 5) is 16.0. The fourth-order valence-corrected chi connectivity index (χ4v) is 3.80. The number of Topliss-reactive ketones (excluding diaryl/α,β-unsaturated/α-hetero) is 1. The smallest absolute Gasteiger partial charge is 0.157 e. The summed E-state index contributed by atoms with van der Waals surface area (Å²) in [5.41, 5.74) is -0.333. The van der Waals surface area contributed by atoms with Crippen LogP contribution >= 0.6 is 27.3 Å². The Morgan fingerprint density at radius 1 is 1.33 bits per heavy atom. The number of likely N-dealkylation sites (N-methyl/N-ethyl adjacent to an activating group) is 1. The maximum atomic E-state index is 12.6. The van der Waals surface area contributed by atoms with E-state index in [1.54, 1.807) is 11.3 Å². The number of thiophene rings is 1. The van der Waals surface area contributed by atoms with E-state index in [0.717, 1.165) is 28.2 Å². The molecule has 1 atom stereocenters. The highest BCUT2D eigenvalue weighted by Gasteiger charge is 2.35. The summed E-state index contributed by atoms with van der Waals surface area (Å²) in [6, 6.07) is 4.04. The molecule has 0 fully saturated rings. The Labute approximate surface area is 123 Å². The number of ketones is 1. The van der Waals surface area contributed by atoms with Crippen LogP contribution in [0.25, 0.3) is 0 Å². The van der Waals surface area contributed by atoms with Crippen LogP contribution < -0.4 is 0 Å². The minimum atomic E-state index is -0.333. The van der Waals surface area contributed by atoms with Gasteiger partial charge in [-0.2, -0.15) is 0 Å². The predicted octanol–water partition coefficient (Wildman–Crippen LogP) is 4.13. The molecule has 0 aliphatic carbocycles. The van der Waals surface area contributed by atoms with Gasteiger partial charge in [-0.3, -0.25) is 9.69 Å². The number of rotatable bonds is 7.